The lowest BCUT2D eigenvalue weighted by molar-refractivity contribution is -0.115. The molecule has 1 saturated heterocycles. The Labute approximate surface area is 166 Å². The average Bonchev–Trinajstić information content (AvgIpc) is 3.30. The first kappa shape index (κ1) is 17.9. The van der Waals surface area contributed by atoms with Gasteiger partial charge in [-0.2, -0.15) is 0 Å². The smallest absolute Gasteiger partial charge is 0.228 e. The predicted molar refractivity (Wildman–Crippen MR) is 110 cm³/mol. The summed E-state index contributed by atoms with van der Waals surface area (Å²) < 4.78 is 0. The van der Waals surface area contributed by atoms with Crippen LogP contribution in [-0.2, 0) is 24.1 Å². The number of carbonyl (C=O) groups excluding carboxylic acids is 1. The van der Waals surface area contributed by atoms with Crippen molar-refractivity contribution in [2.45, 2.75) is 37.7 Å². The normalized spacial score (nSPS) is 29.0. The highest BCUT2D eigenvalue weighted by molar-refractivity contribution is 5.99. The molecule has 2 unspecified atom stereocenters. The first-order valence-electron chi connectivity index (χ1n) is 10.5. The van der Waals surface area contributed by atoms with Crippen molar-refractivity contribution < 1.29 is 9.90 Å². The van der Waals surface area contributed by atoms with Crippen LogP contribution in [0.2, 0.25) is 0 Å². The second-order valence-corrected chi connectivity index (χ2v) is 9.04. The molecular formula is C24H28N2O2. The quantitative estimate of drug-likeness (QED) is 0.843. The van der Waals surface area contributed by atoms with Crippen LogP contribution in [0.25, 0.3) is 0 Å². The molecule has 3 aliphatic rings. The molecule has 5 rings (SSSR count). The maximum Gasteiger partial charge on any atom is 0.228 e. The number of nitrogens with one attached hydrogen (secondary N) is 1. The van der Waals surface area contributed by atoms with Gasteiger partial charge in [-0.1, -0.05) is 42.5 Å². The molecule has 4 heteroatoms. The van der Waals surface area contributed by atoms with E-state index in [-0.39, 0.29) is 5.91 Å². The Morgan fingerprint density at radius 1 is 1.04 bits per heavy atom. The fourth-order valence-corrected chi connectivity index (χ4v) is 5.59. The van der Waals surface area contributed by atoms with Gasteiger partial charge in [0.1, 0.15) is 0 Å². The van der Waals surface area contributed by atoms with Crippen molar-refractivity contribution in [1.82, 2.24) is 4.90 Å². The number of likely N-dealkylation sites (tertiary alicyclic amines) is 1. The van der Waals surface area contributed by atoms with E-state index < -0.39 is 5.60 Å². The molecule has 2 N–H and O–H groups in total. The fourth-order valence-electron chi connectivity index (χ4n) is 5.59. The Balaban J connectivity index is 1.14. The summed E-state index contributed by atoms with van der Waals surface area (Å²) >= 11 is 0. The Kier molecular flexibility index (Phi) is 4.48. The van der Waals surface area contributed by atoms with Gasteiger partial charge in [0, 0.05) is 31.7 Å². The van der Waals surface area contributed by atoms with Gasteiger partial charge in [-0.3, -0.25) is 4.79 Å². The summed E-state index contributed by atoms with van der Waals surface area (Å²) in [4.78, 5) is 14.1. The Morgan fingerprint density at radius 3 is 2.54 bits per heavy atom. The molecule has 2 atom stereocenters. The van der Waals surface area contributed by atoms with E-state index in [1.807, 2.05) is 12.1 Å². The number of carbonyl (C=O) groups is 1. The molecule has 146 valence electrons. The number of fused-ring (bicyclic) bond motifs is 2. The Morgan fingerprint density at radius 2 is 1.79 bits per heavy atom. The van der Waals surface area contributed by atoms with Gasteiger partial charge in [0.2, 0.25) is 5.91 Å². The van der Waals surface area contributed by atoms with Gasteiger partial charge in [-0.25, -0.2) is 0 Å². The van der Waals surface area contributed by atoms with Gasteiger partial charge in [0.25, 0.3) is 0 Å². The largest absolute Gasteiger partial charge is 0.390 e. The third-order valence-corrected chi connectivity index (χ3v) is 6.82. The number of nitrogens with zero attached hydrogens (tertiary/aromatic N) is 1. The zero-order chi connectivity index (χ0) is 19.1. The SMILES string of the molecule is O=C1Cc2cc(CCN3CC4CC(O)(Cc5ccccc5)CC4C3)ccc2N1. The average molecular weight is 377 g/mol. The third kappa shape index (κ3) is 3.59. The van der Waals surface area contributed by atoms with E-state index in [0.717, 1.165) is 56.6 Å². The van der Waals surface area contributed by atoms with Crippen molar-refractivity contribution in [2.75, 3.05) is 25.0 Å². The van der Waals surface area contributed by atoms with Gasteiger partial charge >= 0.3 is 0 Å². The maximum atomic E-state index is 11.5. The second kappa shape index (κ2) is 7.02. The summed E-state index contributed by atoms with van der Waals surface area (Å²) in [6.07, 6.45) is 4.17. The van der Waals surface area contributed by atoms with Crippen LogP contribution >= 0.6 is 0 Å². The van der Waals surface area contributed by atoms with E-state index in [9.17, 15) is 9.90 Å². The first-order chi connectivity index (χ1) is 13.6. The highest BCUT2D eigenvalue weighted by Crippen LogP contribution is 2.45. The van der Waals surface area contributed by atoms with Crippen molar-refractivity contribution in [3.63, 3.8) is 0 Å². The van der Waals surface area contributed by atoms with Gasteiger partial charge in [-0.05, 0) is 53.9 Å². The van der Waals surface area contributed by atoms with Gasteiger partial charge in [-0.15, -0.1) is 0 Å². The van der Waals surface area contributed by atoms with Crippen molar-refractivity contribution in [3.05, 3.63) is 65.2 Å². The summed E-state index contributed by atoms with van der Waals surface area (Å²) in [6.45, 7) is 3.27. The van der Waals surface area contributed by atoms with Crippen LogP contribution in [-0.4, -0.2) is 41.1 Å². The van der Waals surface area contributed by atoms with Crippen LogP contribution < -0.4 is 5.32 Å². The van der Waals surface area contributed by atoms with Crippen LogP contribution in [0.1, 0.15) is 29.5 Å². The Bertz CT molecular complexity index is 865. The molecule has 0 spiro atoms. The molecule has 0 aromatic heterocycles. The molecule has 1 aliphatic carbocycles. The lowest BCUT2D eigenvalue weighted by Gasteiger charge is -2.26. The van der Waals surface area contributed by atoms with Gasteiger partial charge < -0.3 is 15.3 Å². The van der Waals surface area contributed by atoms with Crippen molar-refractivity contribution in [3.8, 4) is 0 Å². The van der Waals surface area contributed by atoms with Crippen LogP contribution in [0.3, 0.4) is 0 Å². The van der Waals surface area contributed by atoms with Gasteiger partial charge in [0.05, 0.1) is 12.0 Å². The molecule has 0 radical (unpaired) electrons. The monoisotopic (exact) mass is 376 g/mol. The van der Waals surface area contributed by atoms with Crippen LogP contribution in [0.15, 0.2) is 48.5 Å². The highest BCUT2D eigenvalue weighted by Gasteiger charge is 2.47. The minimum absolute atomic E-state index is 0.0995. The number of benzene rings is 2. The molecule has 28 heavy (non-hydrogen) atoms. The molecule has 2 fully saturated rings. The molecule has 2 aromatic rings. The summed E-state index contributed by atoms with van der Waals surface area (Å²) in [5.41, 5.74) is 4.13. The topological polar surface area (TPSA) is 52.6 Å². The number of hydrogen-bond donors (Lipinski definition) is 2. The van der Waals surface area contributed by atoms with E-state index in [4.69, 9.17) is 0 Å². The molecule has 4 nitrogen and oxygen atoms in total. The van der Waals surface area contributed by atoms with Crippen molar-refractivity contribution >= 4 is 11.6 Å². The van der Waals surface area contributed by atoms with E-state index in [2.05, 4.69) is 46.6 Å². The lowest BCUT2D eigenvalue weighted by atomic mass is 9.91. The van der Waals surface area contributed by atoms with Crippen LogP contribution in [0, 0.1) is 11.8 Å². The number of anilines is 1. The predicted octanol–water partition coefficient (Wildman–Crippen LogP) is 3.04. The van der Waals surface area contributed by atoms with Crippen LogP contribution in [0.5, 0.6) is 0 Å². The molecule has 2 aromatic carbocycles. The summed E-state index contributed by atoms with van der Waals surface area (Å²) in [6, 6.07) is 16.8. The maximum absolute atomic E-state index is 11.5. The van der Waals surface area contributed by atoms with Gasteiger partial charge in [0.15, 0.2) is 0 Å². The number of amides is 1. The molecule has 0 bridgehead atoms. The summed E-state index contributed by atoms with van der Waals surface area (Å²) in [5.74, 6) is 1.34. The zero-order valence-corrected chi connectivity index (χ0v) is 16.2. The minimum Gasteiger partial charge on any atom is -0.390 e. The first-order valence-corrected chi connectivity index (χ1v) is 10.5. The molecule has 2 aliphatic heterocycles. The Hall–Kier alpha value is -2.17. The fraction of sp³-hybridized carbons (Fsp3) is 0.458. The van der Waals surface area contributed by atoms with Crippen molar-refractivity contribution in [2.24, 2.45) is 11.8 Å². The number of rotatable bonds is 5. The summed E-state index contributed by atoms with van der Waals surface area (Å²) in [5, 5.41) is 14.0. The van der Waals surface area contributed by atoms with Crippen LogP contribution in [0.4, 0.5) is 5.69 Å². The van der Waals surface area contributed by atoms with Crippen molar-refractivity contribution in [1.29, 1.82) is 0 Å². The van der Waals surface area contributed by atoms with E-state index in [0.29, 0.717) is 18.3 Å². The zero-order valence-electron chi connectivity index (χ0n) is 16.2. The number of aliphatic hydroxyl groups is 1. The minimum atomic E-state index is -0.525. The molecular weight excluding hydrogens is 348 g/mol. The molecule has 2 heterocycles. The third-order valence-electron chi connectivity index (χ3n) is 6.82. The summed E-state index contributed by atoms with van der Waals surface area (Å²) in [7, 11) is 0. The van der Waals surface area contributed by atoms with E-state index in [1.54, 1.807) is 0 Å². The second-order valence-electron chi connectivity index (χ2n) is 9.04. The standard InChI is InChI=1S/C24H28N2O2/c27-23-11-19-10-17(6-7-22(19)25-23)8-9-26-15-20-13-24(28,14-21(20)16-26)12-18-4-2-1-3-5-18/h1-7,10,20-21,28H,8-9,11-16H2,(H,25,27). The van der Waals surface area contributed by atoms with E-state index in [1.165, 1.54) is 11.1 Å². The lowest BCUT2D eigenvalue weighted by Crippen LogP contribution is -2.32. The molecule has 1 saturated carbocycles. The highest BCUT2D eigenvalue weighted by atomic mass is 16.3. The number of hydrogen-bond acceptors (Lipinski definition) is 3. The molecule has 1 amide bonds. The van der Waals surface area contributed by atoms with E-state index >= 15 is 0 Å².